The number of hydrogen-bond acceptors (Lipinski definition) is 3. The van der Waals surface area contributed by atoms with E-state index in [2.05, 4.69) is 0 Å². The molecule has 1 aromatic rings. The van der Waals surface area contributed by atoms with Crippen molar-refractivity contribution in [3.05, 3.63) is 29.8 Å². The molecule has 1 N–H and O–H groups in total. The van der Waals surface area contributed by atoms with Crippen LogP contribution < -0.4 is 4.74 Å². The first-order valence-corrected chi connectivity index (χ1v) is 5.43. The maximum absolute atomic E-state index is 11.4. The Kier molecular flexibility index (Phi) is 4.26. The van der Waals surface area contributed by atoms with E-state index in [1.165, 1.54) is 6.92 Å². The minimum atomic E-state index is -1.03. The lowest BCUT2D eigenvalue weighted by Crippen LogP contribution is -2.32. The lowest BCUT2D eigenvalue weighted by Gasteiger charge is -2.19. The third-order valence-corrected chi connectivity index (χ3v) is 2.37. The van der Waals surface area contributed by atoms with E-state index >= 15 is 0 Å². The molecule has 0 bridgehead atoms. The molecule has 1 atom stereocenters. The average Bonchev–Trinajstić information content (AvgIpc) is 2.25. The van der Waals surface area contributed by atoms with Gasteiger partial charge < -0.3 is 9.84 Å². The molecule has 0 heterocycles. The molecule has 0 amide bonds. The van der Waals surface area contributed by atoms with Crippen molar-refractivity contribution < 1.29 is 19.4 Å². The molecule has 0 saturated carbocycles. The standard InChI is InChI=1S/C13H16O4/c1-8(2)12(13(15)16)17-11-7-5-4-6-10(11)9(3)14/h4-8,12H,1-3H3,(H,15,16). The van der Waals surface area contributed by atoms with Crippen LogP contribution in [0.5, 0.6) is 5.75 Å². The van der Waals surface area contributed by atoms with Crippen LogP contribution in [0.25, 0.3) is 0 Å². The maximum atomic E-state index is 11.4. The highest BCUT2D eigenvalue weighted by Crippen LogP contribution is 2.22. The summed E-state index contributed by atoms with van der Waals surface area (Å²) in [5, 5.41) is 9.02. The number of para-hydroxylation sites is 1. The van der Waals surface area contributed by atoms with Gasteiger partial charge in [0, 0.05) is 5.92 Å². The average molecular weight is 236 g/mol. The van der Waals surface area contributed by atoms with Gasteiger partial charge in [-0.15, -0.1) is 0 Å². The third-order valence-electron chi connectivity index (χ3n) is 2.37. The van der Waals surface area contributed by atoms with Gasteiger partial charge in [-0.05, 0) is 19.1 Å². The van der Waals surface area contributed by atoms with Crippen LogP contribution in [0, 0.1) is 5.92 Å². The molecule has 1 aromatic carbocycles. The zero-order valence-electron chi connectivity index (χ0n) is 10.1. The van der Waals surface area contributed by atoms with Gasteiger partial charge in [0.2, 0.25) is 0 Å². The van der Waals surface area contributed by atoms with Gasteiger partial charge in [-0.3, -0.25) is 4.79 Å². The van der Waals surface area contributed by atoms with Crippen LogP contribution in [0.1, 0.15) is 31.1 Å². The number of aliphatic carboxylic acids is 1. The van der Waals surface area contributed by atoms with E-state index in [0.717, 1.165) is 0 Å². The Balaban J connectivity index is 3.01. The molecule has 0 aliphatic rings. The van der Waals surface area contributed by atoms with Gasteiger partial charge in [-0.2, -0.15) is 0 Å². The quantitative estimate of drug-likeness (QED) is 0.797. The Morgan fingerprint density at radius 1 is 1.24 bits per heavy atom. The molecule has 0 aromatic heterocycles. The first kappa shape index (κ1) is 13.2. The number of rotatable bonds is 5. The molecular formula is C13H16O4. The summed E-state index contributed by atoms with van der Waals surface area (Å²) in [6.45, 7) is 4.94. The summed E-state index contributed by atoms with van der Waals surface area (Å²) in [6, 6.07) is 6.65. The number of carbonyl (C=O) groups excluding carboxylic acids is 1. The van der Waals surface area contributed by atoms with Gasteiger partial charge in [-0.1, -0.05) is 26.0 Å². The van der Waals surface area contributed by atoms with Crippen molar-refractivity contribution in [2.45, 2.75) is 26.9 Å². The highest BCUT2D eigenvalue weighted by molar-refractivity contribution is 5.96. The SMILES string of the molecule is CC(=O)c1ccccc1OC(C(=O)O)C(C)C. The Hall–Kier alpha value is -1.84. The fraction of sp³-hybridized carbons (Fsp3) is 0.385. The van der Waals surface area contributed by atoms with Crippen molar-refractivity contribution in [3.63, 3.8) is 0 Å². The fourth-order valence-electron chi connectivity index (χ4n) is 1.47. The monoisotopic (exact) mass is 236 g/mol. The predicted octanol–water partition coefficient (Wildman–Crippen LogP) is 2.38. The van der Waals surface area contributed by atoms with Crippen molar-refractivity contribution in [3.8, 4) is 5.75 Å². The first-order chi connectivity index (χ1) is 7.93. The third kappa shape index (κ3) is 3.31. The Labute approximate surface area is 100 Å². The van der Waals surface area contributed by atoms with Gasteiger partial charge in [0.25, 0.3) is 0 Å². The predicted molar refractivity (Wildman–Crippen MR) is 63.3 cm³/mol. The number of Topliss-reactive ketones (excluding diaryl/α,β-unsaturated/α-hetero) is 1. The van der Waals surface area contributed by atoms with Crippen LogP contribution in [0.3, 0.4) is 0 Å². The maximum Gasteiger partial charge on any atom is 0.345 e. The Morgan fingerprint density at radius 2 is 1.82 bits per heavy atom. The number of ether oxygens (including phenoxy) is 1. The van der Waals surface area contributed by atoms with Gasteiger partial charge in [0.05, 0.1) is 5.56 Å². The normalized spacial score (nSPS) is 12.2. The summed E-state index contributed by atoms with van der Waals surface area (Å²) in [6.07, 6.45) is -0.949. The van der Waals surface area contributed by atoms with E-state index in [9.17, 15) is 9.59 Å². The summed E-state index contributed by atoms with van der Waals surface area (Å²) >= 11 is 0. The van der Waals surface area contributed by atoms with Crippen molar-refractivity contribution in [2.75, 3.05) is 0 Å². The molecule has 4 heteroatoms. The minimum absolute atomic E-state index is 0.145. The van der Waals surface area contributed by atoms with Crippen LogP contribution in [0.2, 0.25) is 0 Å². The minimum Gasteiger partial charge on any atom is -0.478 e. The van der Waals surface area contributed by atoms with E-state index in [0.29, 0.717) is 11.3 Å². The largest absolute Gasteiger partial charge is 0.478 e. The Bertz CT molecular complexity index is 423. The molecule has 0 radical (unpaired) electrons. The lowest BCUT2D eigenvalue weighted by atomic mass is 10.1. The van der Waals surface area contributed by atoms with Crippen molar-refractivity contribution in [1.29, 1.82) is 0 Å². The van der Waals surface area contributed by atoms with Crippen LogP contribution in [-0.2, 0) is 4.79 Å². The Morgan fingerprint density at radius 3 is 2.29 bits per heavy atom. The second-order valence-electron chi connectivity index (χ2n) is 4.17. The summed E-state index contributed by atoms with van der Waals surface area (Å²) in [5.74, 6) is -1.03. The molecule has 0 aliphatic carbocycles. The van der Waals surface area contributed by atoms with E-state index in [1.54, 1.807) is 38.1 Å². The second-order valence-corrected chi connectivity index (χ2v) is 4.17. The number of carbonyl (C=O) groups is 2. The number of carboxylic acids is 1. The van der Waals surface area contributed by atoms with Crippen molar-refractivity contribution in [2.24, 2.45) is 5.92 Å². The zero-order valence-corrected chi connectivity index (χ0v) is 10.1. The van der Waals surface area contributed by atoms with E-state index in [-0.39, 0.29) is 11.7 Å². The number of benzene rings is 1. The number of hydrogen-bond donors (Lipinski definition) is 1. The molecule has 0 fully saturated rings. The molecule has 4 nitrogen and oxygen atoms in total. The zero-order chi connectivity index (χ0) is 13.0. The lowest BCUT2D eigenvalue weighted by molar-refractivity contribution is -0.147. The summed E-state index contributed by atoms with van der Waals surface area (Å²) < 4.78 is 5.41. The topological polar surface area (TPSA) is 63.6 Å². The molecule has 0 spiro atoms. The van der Waals surface area contributed by atoms with E-state index < -0.39 is 12.1 Å². The molecular weight excluding hydrogens is 220 g/mol. The highest BCUT2D eigenvalue weighted by Gasteiger charge is 2.24. The van der Waals surface area contributed by atoms with Crippen LogP contribution in [-0.4, -0.2) is 23.0 Å². The molecule has 17 heavy (non-hydrogen) atoms. The van der Waals surface area contributed by atoms with E-state index in [4.69, 9.17) is 9.84 Å². The summed E-state index contributed by atoms with van der Waals surface area (Å²) in [7, 11) is 0. The fourth-order valence-corrected chi connectivity index (χ4v) is 1.47. The smallest absolute Gasteiger partial charge is 0.345 e. The molecule has 0 saturated heterocycles. The van der Waals surface area contributed by atoms with Gasteiger partial charge in [0.15, 0.2) is 11.9 Å². The molecule has 0 aliphatic heterocycles. The van der Waals surface area contributed by atoms with Crippen LogP contribution >= 0.6 is 0 Å². The first-order valence-electron chi connectivity index (χ1n) is 5.43. The van der Waals surface area contributed by atoms with Crippen LogP contribution in [0.15, 0.2) is 24.3 Å². The second kappa shape index (κ2) is 5.48. The molecule has 1 rings (SSSR count). The van der Waals surface area contributed by atoms with Crippen molar-refractivity contribution in [1.82, 2.24) is 0 Å². The van der Waals surface area contributed by atoms with Crippen LogP contribution in [0.4, 0.5) is 0 Å². The summed E-state index contributed by atoms with van der Waals surface area (Å²) in [4.78, 5) is 22.4. The van der Waals surface area contributed by atoms with Gasteiger partial charge in [-0.25, -0.2) is 4.79 Å². The highest BCUT2D eigenvalue weighted by atomic mass is 16.5. The van der Waals surface area contributed by atoms with Gasteiger partial charge in [0.1, 0.15) is 5.75 Å². The number of ketones is 1. The van der Waals surface area contributed by atoms with Gasteiger partial charge >= 0.3 is 5.97 Å². The number of carboxylic acid groups (broad SMARTS) is 1. The summed E-state index contributed by atoms with van der Waals surface area (Å²) in [5.41, 5.74) is 0.402. The van der Waals surface area contributed by atoms with E-state index in [1.807, 2.05) is 0 Å². The van der Waals surface area contributed by atoms with Crippen molar-refractivity contribution >= 4 is 11.8 Å². The molecule has 1 unspecified atom stereocenters. The molecule has 92 valence electrons.